The summed E-state index contributed by atoms with van der Waals surface area (Å²) in [6, 6.07) is 9.41. The number of hydrogen-bond donors (Lipinski definition) is 3. The van der Waals surface area contributed by atoms with Crippen LogP contribution in [0.5, 0.6) is 0 Å². The third-order valence-corrected chi connectivity index (χ3v) is 5.13. The summed E-state index contributed by atoms with van der Waals surface area (Å²) in [6.07, 6.45) is -3.35. The fourth-order valence-corrected chi connectivity index (χ4v) is 3.27. The number of nitrogens with zero attached hydrogens (tertiary/aromatic N) is 4. The molecule has 0 unspecified atom stereocenters. The number of halogens is 3. The predicted octanol–water partition coefficient (Wildman–Crippen LogP) is 2.16. The number of likely N-dealkylation sites (tertiary alicyclic amines) is 1. The Morgan fingerprint density at radius 2 is 1.91 bits per heavy atom. The molecule has 9 nitrogen and oxygen atoms in total. The van der Waals surface area contributed by atoms with Crippen molar-refractivity contribution >= 4 is 28.7 Å². The number of nitrogen functional groups attached to an aromatic ring is 1. The van der Waals surface area contributed by atoms with Gasteiger partial charge in [0.2, 0.25) is 5.60 Å². The number of pyridine rings is 1. The number of alkyl halides is 3. The number of carbonyl (C=O) groups excluding carboxylic acids is 1. The molecule has 0 bridgehead atoms. The molecule has 4 rings (SSSR count). The summed E-state index contributed by atoms with van der Waals surface area (Å²) in [5.74, 6) is 2.87. The van der Waals surface area contributed by atoms with Crippen molar-refractivity contribution in [2.45, 2.75) is 25.1 Å². The van der Waals surface area contributed by atoms with E-state index < -0.39 is 17.7 Å². The van der Waals surface area contributed by atoms with E-state index in [4.69, 9.17) is 15.6 Å². The Morgan fingerprint density at radius 3 is 2.51 bits per heavy atom. The Bertz CT molecular complexity index is 1370. The quantitative estimate of drug-likeness (QED) is 0.443. The van der Waals surface area contributed by atoms with Crippen molar-refractivity contribution in [3.8, 4) is 23.1 Å². The number of nitrogens with two attached hydrogens (primary N) is 1. The normalized spacial score (nSPS) is 17.4. The summed E-state index contributed by atoms with van der Waals surface area (Å²) < 4.78 is 31.7. The monoisotopic (exact) mass is 487 g/mol. The minimum atomic E-state index is -5.08. The molecule has 2 aromatic heterocycles. The number of aryl methyl sites for hydroxylation is 1. The smallest absolute Gasteiger partial charge is 0.475 e. The van der Waals surface area contributed by atoms with Crippen LogP contribution in [-0.2, 0) is 9.59 Å². The van der Waals surface area contributed by atoms with E-state index in [1.54, 1.807) is 7.05 Å². The van der Waals surface area contributed by atoms with Crippen molar-refractivity contribution in [2.75, 3.05) is 19.3 Å². The molecule has 1 atom stereocenters. The Labute approximate surface area is 197 Å². The lowest BCUT2D eigenvalue weighted by Crippen LogP contribution is -2.37. The second kappa shape index (κ2) is 9.55. The summed E-state index contributed by atoms with van der Waals surface area (Å²) in [6.45, 7) is 2.44. The third kappa shape index (κ3) is 5.64. The minimum absolute atomic E-state index is 0.305. The van der Waals surface area contributed by atoms with E-state index in [9.17, 15) is 23.1 Å². The second-order valence-electron chi connectivity index (χ2n) is 7.75. The molecular weight excluding hydrogens is 467 g/mol. The zero-order chi connectivity index (χ0) is 26.0. The van der Waals surface area contributed by atoms with Crippen LogP contribution in [0, 0.1) is 18.8 Å². The number of carboxylic acid groups (broad SMARTS) is 1. The fraction of sp³-hybridized carbons (Fsp3) is 0.261. The molecule has 0 saturated carbocycles. The molecule has 3 heterocycles. The Kier molecular flexibility index (Phi) is 6.93. The van der Waals surface area contributed by atoms with Gasteiger partial charge in [-0.15, -0.1) is 0 Å². The average Bonchev–Trinajstić information content (AvgIpc) is 3.06. The fourth-order valence-electron chi connectivity index (χ4n) is 3.27. The van der Waals surface area contributed by atoms with Gasteiger partial charge in [-0.25, -0.2) is 19.7 Å². The highest BCUT2D eigenvalue weighted by molar-refractivity contribution is 5.91. The van der Waals surface area contributed by atoms with Crippen molar-refractivity contribution in [3.63, 3.8) is 0 Å². The van der Waals surface area contributed by atoms with Crippen molar-refractivity contribution in [1.82, 2.24) is 19.9 Å². The number of amides is 1. The predicted molar refractivity (Wildman–Crippen MR) is 120 cm³/mol. The van der Waals surface area contributed by atoms with Gasteiger partial charge >= 0.3 is 12.1 Å². The van der Waals surface area contributed by atoms with Crippen LogP contribution in [0.1, 0.15) is 17.5 Å². The van der Waals surface area contributed by atoms with Crippen LogP contribution in [-0.4, -0.2) is 67.3 Å². The number of aliphatic hydroxyl groups is 1. The number of anilines is 1. The average molecular weight is 487 g/mol. The molecule has 0 spiro atoms. The summed E-state index contributed by atoms with van der Waals surface area (Å²) in [5, 5.41) is 17.6. The largest absolute Gasteiger partial charge is 0.490 e. The van der Waals surface area contributed by atoms with Crippen LogP contribution in [0.2, 0.25) is 0 Å². The zero-order valence-electron chi connectivity index (χ0n) is 18.6. The first kappa shape index (κ1) is 25.4. The van der Waals surface area contributed by atoms with E-state index in [2.05, 4.69) is 26.8 Å². The number of carbonyl (C=O) groups is 2. The Hall–Kier alpha value is -4.24. The maximum atomic E-state index is 12.1. The highest BCUT2D eigenvalue weighted by Gasteiger charge is 2.42. The van der Waals surface area contributed by atoms with Gasteiger partial charge in [-0.05, 0) is 30.7 Å². The molecule has 3 aromatic rings. The SMILES string of the molecule is Cc1cc(-c2cccc(C#C[C@]3(O)CCN(C)C3=O)c2)nc2c(N)ncnc12.O=C(O)C(F)(F)F. The Balaban J connectivity index is 0.000000429. The molecule has 4 N–H and O–H groups in total. The molecule has 35 heavy (non-hydrogen) atoms. The van der Waals surface area contributed by atoms with Gasteiger partial charge in [0.1, 0.15) is 11.8 Å². The molecule has 0 aliphatic carbocycles. The van der Waals surface area contributed by atoms with Crippen LogP contribution in [0.4, 0.5) is 19.0 Å². The minimum Gasteiger partial charge on any atom is -0.475 e. The van der Waals surface area contributed by atoms with Gasteiger partial charge in [-0.1, -0.05) is 24.0 Å². The van der Waals surface area contributed by atoms with Crippen molar-refractivity contribution in [1.29, 1.82) is 0 Å². The number of aliphatic carboxylic acids is 1. The Morgan fingerprint density at radius 1 is 1.23 bits per heavy atom. The van der Waals surface area contributed by atoms with Crippen molar-refractivity contribution < 1.29 is 33.0 Å². The van der Waals surface area contributed by atoms with Gasteiger partial charge in [0.05, 0.1) is 11.2 Å². The number of hydrogen-bond acceptors (Lipinski definition) is 7. The van der Waals surface area contributed by atoms with Gasteiger partial charge < -0.3 is 20.8 Å². The van der Waals surface area contributed by atoms with E-state index in [1.807, 2.05) is 37.3 Å². The summed E-state index contributed by atoms with van der Waals surface area (Å²) >= 11 is 0. The molecule has 1 fully saturated rings. The highest BCUT2D eigenvalue weighted by Crippen LogP contribution is 2.26. The van der Waals surface area contributed by atoms with E-state index in [1.165, 1.54) is 11.2 Å². The molecule has 182 valence electrons. The summed E-state index contributed by atoms with van der Waals surface area (Å²) in [5.41, 5.74) is 8.83. The van der Waals surface area contributed by atoms with Crippen LogP contribution in [0.3, 0.4) is 0 Å². The van der Waals surface area contributed by atoms with Crippen LogP contribution >= 0.6 is 0 Å². The first-order chi connectivity index (χ1) is 16.3. The van der Waals surface area contributed by atoms with Crippen LogP contribution in [0.25, 0.3) is 22.3 Å². The first-order valence-corrected chi connectivity index (χ1v) is 10.1. The van der Waals surface area contributed by atoms with E-state index >= 15 is 0 Å². The van der Waals surface area contributed by atoms with Crippen LogP contribution in [0.15, 0.2) is 36.7 Å². The van der Waals surface area contributed by atoms with Gasteiger partial charge in [-0.2, -0.15) is 13.2 Å². The van der Waals surface area contributed by atoms with Crippen molar-refractivity contribution in [2.24, 2.45) is 0 Å². The van der Waals surface area contributed by atoms with E-state index in [0.29, 0.717) is 29.9 Å². The third-order valence-electron chi connectivity index (χ3n) is 5.13. The molecule has 0 radical (unpaired) electrons. The number of benzene rings is 1. The highest BCUT2D eigenvalue weighted by atomic mass is 19.4. The van der Waals surface area contributed by atoms with E-state index in [-0.39, 0.29) is 5.91 Å². The summed E-state index contributed by atoms with van der Waals surface area (Å²) in [7, 11) is 1.66. The molecule has 1 aliphatic heterocycles. The lowest BCUT2D eigenvalue weighted by atomic mass is 10.0. The lowest BCUT2D eigenvalue weighted by Gasteiger charge is -2.13. The van der Waals surface area contributed by atoms with Gasteiger partial charge in [-0.3, -0.25) is 4.79 Å². The summed E-state index contributed by atoms with van der Waals surface area (Å²) in [4.78, 5) is 35.3. The molecular formula is C23H20F3N5O4. The number of aromatic nitrogens is 3. The zero-order valence-corrected chi connectivity index (χ0v) is 18.6. The molecule has 1 aromatic carbocycles. The topological polar surface area (TPSA) is 143 Å². The standard InChI is InChI=1S/C21H19N5O2.C2HF3O2/c1-13-10-16(25-18-17(13)23-12-24-19(18)22)15-5-3-4-14(11-15)6-7-21(28)8-9-26(2)20(21)27;3-2(4,5)1(6)7/h3-5,10-12,28H,8-9H2,1-2H3,(H2,22,23,24);(H,6,7)/t21-;/m0./s1. The number of rotatable bonds is 1. The van der Waals surface area contributed by atoms with Gasteiger partial charge in [0.15, 0.2) is 5.82 Å². The van der Waals surface area contributed by atoms with Crippen molar-refractivity contribution in [3.05, 3.63) is 47.8 Å². The number of fused-ring (bicyclic) bond motifs is 1. The van der Waals surface area contributed by atoms with Gasteiger partial charge in [0.25, 0.3) is 5.91 Å². The maximum absolute atomic E-state index is 12.1. The molecule has 12 heteroatoms. The maximum Gasteiger partial charge on any atom is 0.490 e. The number of likely N-dealkylation sites (N-methyl/N-ethyl adjacent to an activating group) is 1. The van der Waals surface area contributed by atoms with Crippen LogP contribution < -0.4 is 5.73 Å². The first-order valence-electron chi connectivity index (χ1n) is 10.1. The van der Waals surface area contributed by atoms with E-state index in [0.717, 1.165) is 22.3 Å². The number of carboxylic acids is 1. The second-order valence-corrected chi connectivity index (χ2v) is 7.75. The lowest BCUT2D eigenvalue weighted by molar-refractivity contribution is -0.192. The van der Waals surface area contributed by atoms with Gasteiger partial charge in [0, 0.05) is 31.1 Å². The molecule has 1 saturated heterocycles. The molecule has 1 aliphatic rings. The molecule has 1 amide bonds.